The molecule has 1 aromatic carbocycles. The van der Waals surface area contributed by atoms with Gasteiger partial charge < -0.3 is 9.73 Å². The van der Waals surface area contributed by atoms with Gasteiger partial charge in [-0.3, -0.25) is 4.90 Å². The van der Waals surface area contributed by atoms with Crippen molar-refractivity contribution in [1.29, 1.82) is 0 Å². The number of aryl methyl sites for hydroxylation is 1. The number of nitrogens with one attached hydrogen (secondary N) is 1. The Morgan fingerprint density at radius 1 is 1.12 bits per heavy atom. The van der Waals surface area contributed by atoms with Crippen LogP contribution in [0, 0.1) is 12.8 Å². The highest BCUT2D eigenvalue weighted by atomic mass is 16.4. The molecule has 0 amide bonds. The van der Waals surface area contributed by atoms with E-state index in [0.717, 1.165) is 36.7 Å². The highest BCUT2D eigenvalue weighted by molar-refractivity contribution is 5.51. The zero-order valence-corrected chi connectivity index (χ0v) is 14.9. The first-order valence-electron chi connectivity index (χ1n) is 9.04. The van der Waals surface area contributed by atoms with Crippen LogP contribution in [0.15, 0.2) is 52.9 Å². The summed E-state index contributed by atoms with van der Waals surface area (Å²) >= 11 is 0. The van der Waals surface area contributed by atoms with E-state index in [1.165, 1.54) is 6.42 Å². The summed E-state index contributed by atoms with van der Waals surface area (Å²) in [5, 5.41) is 11.8. The van der Waals surface area contributed by atoms with Crippen LogP contribution in [0.1, 0.15) is 18.0 Å². The summed E-state index contributed by atoms with van der Waals surface area (Å²) in [6.07, 6.45) is 1.17. The Morgan fingerprint density at radius 2 is 2.00 bits per heavy atom. The van der Waals surface area contributed by atoms with Crippen LogP contribution in [0.2, 0.25) is 0 Å². The van der Waals surface area contributed by atoms with Crippen LogP contribution in [0.4, 0.5) is 5.82 Å². The average molecular weight is 349 g/mol. The van der Waals surface area contributed by atoms with Crippen LogP contribution in [-0.4, -0.2) is 39.7 Å². The number of nitrogens with zero attached hydrogens (tertiary/aromatic N) is 4. The molecule has 0 bridgehead atoms. The van der Waals surface area contributed by atoms with Crippen molar-refractivity contribution < 1.29 is 4.42 Å². The van der Waals surface area contributed by atoms with Crippen LogP contribution < -0.4 is 5.32 Å². The molecular formula is C20H23N5O. The number of rotatable bonds is 6. The van der Waals surface area contributed by atoms with Crippen molar-refractivity contribution in [3.8, 4) is 11.5 Å². The Hall–Kier alpha value is -2.73. The normalized spacial score (nSPS) is 17.5. The molecule has 2 aromatic heterocycles. The predicted molar refractivity (Wildman–Crippen MR) is 101 cm³/mol. The van der Waals surface area contributed by atoms with Crippen molar-refractivity contribution in [2.24, 2.45) is 5.92 Å². The molecule has 6 heteroatoms. The van der Waals surface area contributed by atoms with E-state index in [1.807, 2.05) is 55.5 Å². The second kappa shape index (κ2) is 7.66. The molecule has 0 radical (unpaired) electrons. The highest BCUT2D eigenvalue weighted by Gasteiger charge is 2.24. The van der Waals surface area contributed by atoms with E-state index in [-0.39, 0.29) is 0 Å². The van der Waals surface area contributed by atoms with Gasteiger partial charge in [0.15, 0.2) is 0 Å². The van der Waals surface area contributed by atoms with Gasteiger partial charge in [0.2, 0.25) is 11.8 Å². The first-order valence-corrected chi connectivity index (χ1v) is 9.04. The maximum atomic E-state index is 5.82. The minimum Gasteiger partial charge on any atom is -0.419 e. The van der Waals surface area contributed by atoms with Gasteiger partial charge in [0.25, 0.3) is 0 Å². The first kappa shape index (κ1) is 16.7. The van der Waals surface area contributed by atoms with E-state index in [4.69, 9.17) is 4.42 Å². The fourth-order valence-corrected chi connectivity index (χ4v) is 3.32. The molecule has 1 atom stereocenters. The largest absolute Gasteiger partial charge is 0.419 e. The van der Waals surface area contributed by atoms with Gasteiger partial charge in [-0.15, -0.1) is 10.2 Å². The van der Waals surface area contributed by atoms with Crippen molar-refractivity contribution in [2.75, 3.05) is 25.0 Å². The summed E-state index contributed by atoms with van der Waals surface area (Å²) in [7, 11) is 0. The van der Waals surface area contributed by atoms with E-state index in [0.29, 0.717) is 24.2 Å². The summed E-state index contributed by atoms with van der Waals surface area (Å²) in [5.74, 6) is 2.82. The molecule has 3 heterocycles. The Kier molecular flexibility index (Phi) is 4.93. The summed E-state index contributed by atoms with van der Waals surface area (Å²) in [5.41, 5.74) is 1.99. The van der Waals surface area contributed by atoms with Gasteiger partial charge in [0, 0.05) is 24.3 Å². The summed E-state index contributed by atoms with van der Waals surface area (Å²) < 4.78 is 5.82. The number of hydrogen-bond donors (Lipinski definition) is 1. The van der Waals surface area contributed by atoms with Crippen LogP contribution in [0.3, 0.4) is 0 Å². The lowest BCUT2D eigenvalue weighted by molar-refractivity contribution is 0.283. The smallest absolute Gasteiger partial charge is 0.247 e. The third kappa shape index (κ3) is 4.08. The third-order valence-corrected chi connectivity index (χ3v) is 4.68. The minimum absolute atomic E-state index is 0.587. The molecule has 1 N–H and O–H groups in total. The molecule has 26 heavy (non-hydrogen) atoms. The average Bonchev–Trinajstić information content (AvgIpc) is 3.31. The minimum atomic E-state index is 0.587. The molecule has 1 unspecified atom stereocenters. The number of benzene rings is 1. The summed E-state index contributed by atoms with van der Waals surface area (Å²) in [6, 6.07) is 15.9. The maximum Gasteiger partial charge on any atom is 0.247 e. The molecular weight excluding hydrogens is 326 g/mol. The van der Waals surface area contributed by atoms with Crippen molar-refractivity contribution in [3.63, 3.8) is 0 Å². The summed E-state index contributed by atoms with van der Waals surface area (Å²) in [4.78, 5) is 6.87. The first-order chi connectivity index (χ1) is 12.8. The van der Waals surface area contributed by atoms with Gasteiger partial charge in [-0.1, -0.05) is 24.3 Å². The number of aromatic nitrogens is 3. The van der Waals surface area contributed by atoms with E-state index < -0.39 is 0 Å². The fraction of sp³-hybridized carbons (Fsp3) is 0.350. The van der Waals surface area contributed by atoms with Gasteiger partial charge in [0.05, 0.1) is 6.54 Å². The monoisotopic (exact) mass is 349 g/mol. The van der Waals surface area contributed by atoms with Crippen LogP contribution >= 0.6 is 0 Å². The lowest BCUT2D eigenvalue weighted by Crippen LogP contribution is -2.23. The van der Waals surface area contributed by atoms with Crippen LogP contribution in [-0.2, 0) is 6.54 Å². The van der Waals surface area contributed by atoms with Crippen LogP contribution in [0.25, 0.3) is 11.5 Å². The molecule has 3 aromatic rings. The molecule has 1 saturated heterocycles. The molecule has 0 spiro atoms. The molecule has 6 nitrogen and oxygen atoms in total. The van der Waals surface area contributed by atoms with Gasteiger partial charge in [0.1, 0.15) is 5.82 Å². The SMILES string of the molecule is Cc1cccc(NCC2CCN(Cc3nnc(-c4ccccc4)o3)C2)n1. The number of pyridine rings is 1. The molecule has 4 rings (SSSR count). The number of hydrogen-bond acceptors (Lipinski definition) is 6. The van der Waals surface area contributed by atoms with Crippen LogP contribution in [0.5, 0.6) is 0 Å². The molecule has 134 valence electrons. The Morgan fingerprint density at radius 3 is 2.85 bits per heavy atom. The Labute approximate surface area is 153 Å². The molecule has 0 saturated carbocycles. The highest BCUT2D eigenvalue weighted by Crippen LogP contribution is 2.21. The van der Waals surface area contributed by atoms with E-state index >= 15 is 0 Å². The Bertz CT molecular complexity index is 848. The number of likely N-dealkylation sites (tertiary alicyclic amines) is 1. The lowest BCUT2D eigenvalue weighted by Gasteiger charge is -2.14. The van der Waals surface area contributed by atoms with Crippen molar-refractivity contribution >= 4 is 5.82 Å². The lowest BCUT2D eigenvalue weighted by atomic mass is 10.1. The van der Waals surface area contributed by atoms with Gasteiger partial charge in [-0.25, -0.2) is 4.98 Å². The zero-order valence-electron chi connectivity index (χ0n) is 14.9. The predicted octanol–water partition coefficient (Wildman–Crippen LogP) is 3.37. The van der Waals surface area contributed by atoms with Gasteiger partial charge in [-0.2, -0.15) is 0 Å². The number of anilines is 1. The standard InChI is InChI=1S/C20H23N5O/c1-15-6-5-9-18(22-15)21-12-16-10-11-25(13-16)14-19-23-24-20(26-19)17-7-3-2-4-8-17/h2-9,16H,10-14H2,1H3,(H,21,22). The maximum absolute atomic E-state index is 5.82. The van der Waals surface area contributed by atoms with E-state index in [1.54, 1.807) is 0 Å². The Balaban J connectivity index is 1.29. The van der Waals surface area contributed by atoms with Crippen molar-refractivity contribution in [3.05, 3.63) is 60.1 Å². The van der Waals surface area contributed by atoms with Gasteiger partial charge >= 0.3 is 0 Å². The van der Waals surface area contributed by atoms with E-state index in [9.17, 15) is 0 Å². The quantitative estimate of drug-likeness (QED) is 0.736. The molecule has 1 aliphatic rings. The third-order valence-electron chi connectivity index (χ3n) is 4.68. The van der Waals surface area contributed by atoms with E-state index in [2.05, 4.69) is 25.4 Å². The molecule has 0 aliphatic carbocycles. The van der Waals surface area contributed by atoms with Crippen molar-refractivity contribution in [2.45, 2.75) is 19.9 Å². The molecule has 1 fully saturated rings. The second-order valence-corrected chi connectivity index (χ2v) is 6.80. The van der Waals surface area contributed by atoms with Gasteiger partial charge in [-0.05, 0) is 50.1 Å². The second-order valence-electron chi connectivity index (χ2n) is 6.80. The fourth-order valence-electron chi connectivity index (χ4n) is 3.32. The topological polar surface area (TPSA) is 67.1 Å². The summed E-state index contributed by atoms with van der Waals surface area (Å²) in [6.45, 7) is 5.74. The molecule has 1 aliphatic heterocycles. The van der Waals surface area contributed by atoms with Crippen molar-refractivity contribution in [1.82, 2.24) is 20.1 Å². The zero-order chi connectivity index (χ0) is 17.8.